The number of hydrogen-bond donors (Lipinski definition) is 0. The summed E-state index contributed by atoms with van der Waals surface area (Å²) in [6, 6.07) is 9.36. The van der Waals surface area contributed by atoms with Gasteiger partial charge in [0, 0.05) is 10.3 Å². The Bertz CT molecular complexity index is 437. The van der Waals surface area contributed by atoms with Crippen molar-refractivity contribution in [3.05, 3.63) is 46.0 Å². The predicted octanol–water partition coefficient (Wildman–Crippen LogP) is 3.48. The molecule has 1 aliphatic carbocycles. The van der Waals surface area contributed by atoms with E-state index < -0.39 is 6.04 Å². The van der Waals surface area contributed by atoms with Gasteiger partial charge in [0.2, 0.25) is 6.04 Å². The lowest BCUT2D eigenvalue weighted by Gasteiger charge is -2.59. The maximum absolute atomic E-state index is 11.3. The van der Waals surface area contributed by atoms with Crippen LogP contribution in [0.4, 0.5) is 0 Å². The van der Waals surface area contributed by atoms with E-state index in [-0.39, 0.29) is 21.7 Å². The van der Waals surface area contributed by atoms with Gasteiger partial charge in [0.15, 0.2) is 0 Å². The lowest BCUT2D eigenvalue weighted by molar-refractivity contribution is -0.579. The van der Waals surface area contributed by atoms with E-state index in [4.69, 9.17) is 0 Å². The summed E-state index contributed by atoms with van der Waals surface area (Å²) in [5.74, 6) is 0.00806. The normalized spacial score (nSPS) is 29.4. The van der Waals surface area contributed by atoms with Crippen LogP contribution < -0.4 is 0 Å². The fraction of sp³-hybridized carbons (Fsp3) is 0.571. The first kappa shape index (κ1) is 12.1. The first-order valence-electron chi connectivity index (χ1n) is 5.98. The Balaban J connectivity index is 2.43. The van der Waals surface area contributed by atoms with Crippen LogP contribution in [0, 0.1) is 20.9 Å². The molecule has 1 saturated carbocycles. The molecule has 92 valence electrons. The zero-order valence-electron chi connectivity index (χ0n) is 10.8. The van der Waals surface area contributed by atoms with Crippen LogP contribution in [0.5, 0.6) is 0 Å². The van der Waals surface area contributed by atoms with Gasteiger partial charge in [-0.3, -0.25) is 10.1 Å². The highest BCUT2D eigenvalue weighted by Gasteiger charge is 2.69. The van der Waals surface area contributed by atoms with Crippen LogP contribution in [0.15, 0.2) is 30.3 Å². The number of nitrogens with zero attached hydrogens (tertiary/aromatic N) is 1. The number of benzene rings is 1. The van der Waals surface area contributed by atoms with Crippen molar-refractivity contribution in [2.45, 2.75) is 39.7 Å². The molecule has 0 aliphatic heterocycles. The van der Waals surface area contributed by atoms with Gasteiger partial charge in [-0.1, -0.05) is 58.0 Å². The third-order valence-electron chi connectivity index (χ3n) is 4.88. The van der Waals surface area contributed by atoms with Gasteiger partial charge < -0.3 is 0 Å². The summed E-state index contributed by atoms with van der Waals surface area (Å²) >= 11 is 0. The first-order valence-corrected chi connectivity index (χ1v) is 5.98. The molecule has 2 atom stereocenters. The summed E-state index contributed by atoms with van der Waals surface area (Å²) in [6.45, 7) is 8.26. The van der Waals surface area contributed by atoms with Gasteiger partial charge in [-0.25, -0.2) is 0 Å². The highest BCUT2D eigenvalue weighted by atomic mass is 16.6. The van der Waals surface area contributed by atoms with Crippen molar-refractivity contribution in [1.82, 2.24) is 0 Å². The monoisotopic (exact) mass is 233 g/mol. The van der Waals surface area contributed by atoms with Gasteiger partial charge >= 0.3 is 0 Å². The second-order valence-electron chi connectivity index (χ2n) is 6.06. The first-order chi connectivity index (χ1) is 7.80. The molecule has 1 aromatic carbocycles. The van der Waals surface area contributed by atoms with Crippen LogP contribution in [0.3, 0.4) is 0 Å². The Morgan fingerprint density at radius 1 is 1.06 bits per heavy atom. The van der Waals surface area contributed by atoms with Crippen molar-refractivity contribution in [3.8, 4) is 0 Å². The van der Waals surface area contributed by atoms with Crippen LogP contribution in [0.1, 0.15) is 39.2 Å². The molecule has 3 heteroatoms. The topological polar surface area (TPSA) is 43.1 Å². The Labute approximate surface area is 102 Å². The summed E-state index contributed by atoms with van der Waals surface area (Å²) in [5.41, 5.74) is 0.766. The average molecular weight is 233 g/mol. The van der Waals surface area contributed by atoms with Gasteiger partial charge in [-0.2, -0.15) is 0 Å². The van der Waals surface area contributed by atoms with E-state index in [1.807, 2.05) is 44.2 Å². The molecule has 0 aromatic heterocycles. The van der Waals surface area contributed by atoms with E-state index in [2.05, 4.69) is 13.8 Å². The maximum atomic E-state index is 11.3. The predicted molar refractivity (Wildman–Crippen MR) is 67.5 cm³/mol. The Morgan fingerprint density at radius 3 is 2.06 bits per heavy atom. The third-order valence-corrected chi connectivity index (χ3v) is 4.88. The lowest BCUT2D eigenvalue weighted by Crippen LogP contribution is -2.64. The van der Waals surface area contributed by atoms with E-state index in [1.54, 1.807) is 0 Å². The molecule has 0 radical (unpaired) electrons. The third kappa shape index (κ3) is 1.48. The molecule has 0 heterocycles. The molecule has 17 heavy (non-hydrogen) atoms. The number of hydrogen-bond acceptors (Lipinski definition) is 2. The van der Waals surface area contributed by atoms with E-state index in [0.29, 0.717) is 0 Å². The number of nitro groups is 1. The minimum atomic E-state index is -0.486. The summed E-state index contributed by atoms with van der Waals surface area (Å²) < 4.78 is 0. The molecule has 3 nitrogen and oxygen atoms in total. The molecule has 0 amide bonds. The molecule has 0 unspecified atom stereocenters. The smallest absolute Gasteiger partial charge is 0.225 e. The quantitative estimate of drug-likeness (QED) is 0.579. The summed E-state index contributed by atoms with van der Waals surface area (Å²) in [7, 11) is 0. The van der Waals surface area contributed by atoms with Gasteiger partial charge in [0.25, 0.3) is 0 Å². The molecule has 0 bridgehead atoms. The van der Waals surface area contributed by atoms with Crippen molar-refractivity contribution in [2.75, 3.05) is 0 Å². The van der Waals surface area contributed by atoms with Crippen molar-refractivity contribution in [3.63, 3.8) is 0 Å². The second-order valence-corrected chi connectivity index (χ2v) is 6.06. The summed E-state index contributed by atoms with van der Waals surface area (Å²) in [4.78, 5) is 11.2. The molecular weight excluding hydrogens is 214 g/mol. The SMILES string of the molecule is CC1(C)[C@@H]([N+](=O)[O-])[C@H](c2ccccc2)C1(C)C. The summed E-state index contributed by atoms with van der Waals surface area (Å²) in [5, 5.41) is 11.3. The van der Waals surface area contributed by atoms with Crippen LogP contribution in [0.2, 0.25) is 0 Å². The van der Waals surface area contributed by atoms with Crippen molar-refractivity contribution < 1.29 is 4.92 Å². The zero-order valence-corrected chi connectivity index (χ0v) is 10.8. The number of rotatable bonds is 2. The average Bonchev–Trinajstić information content (AvgIpc) is 2.25. The highest BCUT2D eigenvalue weighted by molar-refractivity contribution is 5.31. The van der Waals surface area contributed by atoms with E-state index in [0.717, 1.165) is 5.56 Å². The minimum Gasteiger partial charge on any atom is -0.264 e. The van der Waals surface area contributed by atoms with Crippen LogP contribution in [0.25, 0.3) is 0 Å². The van der Waals surface area contributed by atoms with E-state index in [1.165, 1.54) is 0 Å². The van der Waals surface area contributed by atoms with E-state index in [9.17, 15) is 10.1 Å². The molecule has 1 aromatic rings. The molecule has 1 aliphatic rings. The standard InChI is InChI=1S/C14H19NO2/c1-13(2)11(10-8-6-5-7-9-10)12(15(16)17)14(13,3)4/h5-9,11-12H,1-4H3/t11-,12-/m0/s1. The van der Waals surface area contributed by atoms with Gasteiger partial charge in [-0.15, -0.1) is 0 Å². The second kappa shape index (κ2) is 3.56. The summed E-state index contributed by atoms with van der Waals surface area (Å²) in [6.07, 6.45) is 0. The maximum Gasteiger partial charge on any atom is 0.225 e. The van der Waals surface area contributed by atoms with Gasteiger partial charge in [-0.05, 0) is 11.0 Å². The lowest BCUT2D eigenvalue weighted by atomic mass is 9.42. The molecule has 0 saturated heterocycles. The van der Waals surface area contributed by atoms with Crippen molar-refractivity contribution >= 4 is 0 Å². The van der Waals surface area contributed by atoms with Crippen molar-refractivity contribution in [2.24, 2.45) is 10.8 Å². The van der Waals surface area contributed by atoms with Crippen molar-refractivity contribution in [1.29, 1.82) is 0 Å². The van der Waals surface area contributed by atoms with Crippen LogP contribution >= 0.6 is 0 Å². The fourth-order valence-corrected chi connectivity index (χ4v) is 3.14. The van der Waals surface area contributed by atoms with Gasteiger partial charge in [0.05, 0.1) is 5.92 Å². The fourth-order valence-electron chi connectivity index (χ4n) is 3.14. The van der Waals surface area contributed by atoms with Gasteiger partial charge in [0.1, 0.15) is 0 Å². The molecule has 0 spiro atoms. The molecular formula is C14H19NO2. The Kier molecular flexibility index (Phi) is 2.53. The van der Waals surface area contributed by atoms with E-state index >= 15 is 0 Å². The zero-order chi connectivity index (χ0) is 12.8. The molecule has 2 rings (SSSR count). The van der Waals surface area contributed by atoms with Crippen LogP contribution in [-0.4, -0.2) is 11.0 Å². The Morgan fingerprint density at radius 2 is 1.59 bits per heavy atom. The molecule has 1 fully saturated rings. The highest BCUT2D eigenvalue weighted by Crippen LogP contribution is 2.65. The Hall–Kier alpha value is -1.38. The largest absolute Gasteiger partial charge is 0.264 e. The molecule has 0 N–H and O–H groups in total. The minimum absolute atomic E-state index is 0.00806. The van der Waals surface area contributed by atoms with Crippen LogP contribution in [-0.2, 0) is 0 Å².